The molecule has 0 radical (unpaired) electrons. The Morgan fingerprint density at radius 3 is 2.50 bits per heavy atom. The fourth-order valence-electron chi connectivity index (χ4n) is 0.502. The molecule has 0 aromatic heterocycles. The monoisotopic (exact) mass is 158 g/mol. The lowest BCUT2D eigenvalue weighted by Gasteiger charge is -2.09. The van der Waals surface area contributed by atoms with Gasteiger partial charge in [-0.15, -0.1) is 6.58 Å². The van der Waals surface area contributed by atoms with Crippen LogP contribution in [-0.4, -0.2) is 11.0 Å². The van der Waals surface area contributed by atoms with Crippen LogP contribution in [0.3, 0.4) is 0 Å². The highest BCUT2D eigenvalue weighted by atomic mass is 32.2. The fraction of sp³-hybridized carbons (Fsp3) is 0.778. The predicted molar refractivity (Wildman–Crippen MR) is 51.6 cm³/mol. The Labute approximate surface area is 69.1 Å². The van der Waals surface area contributed by atoms with E-state index in [9.17, 15) is 0 Å². The van der Waals surface area contributed by atoms with E-state index >= 15 is 0 Å². The molecule has 0 rings (SSSR count). The molecule has 0 fully saturated rings. The van der Waals surface area contributed by atoms with Crippen LogP contribution in [0.15, 0.2) is 12.7 Å². The average molecular weight is 158 g/mol. The maximum atomic E-state index is 3.74. The Bertz CT molecular complexity index is 88.7. The zero-order valence-electron chi connectivity index (χ0n) is 7.26. The quantitative estimate of drug-likeness (QED) is 0.553. The first-order chi connectivity index (χ1) is 4.70. The first-order valence-electron chi connectivity index (χ1n) is 3.94. The maximum absolute atomic E-state index is 3.74. The Hall–Kier alpha value is 0.0900. The van der Waals surface area contributed by atoms with Crippen molar-refractivity contribution in [1.82, 2.24) is 0 Å². The molecule has 0 amide bonds. The Morgan fingerprint density at radius 1 is 1.50 bits per heavy atom. The highest BCUT2D eigenvalue weighted by Gasteiger charge is 2.01. The normalized spacial score (nSPS) is 16.3. The van der Waals surface area contributed by atoms with Crippen molar-refractivity contribution in [3.63, 3.8) is 0 Å². The molecule has 10 heavy (non-hydrogen) atoms. The third-order valence-electron chi connectivity index (χ3n) is 1.67. The van der Waals surface area contributed by atoms with Crippen LogP contribution in [0.1, 0.15) is 27.2 Å². The summed E-state index contributed by atoms with van der Waals surface area (Å²) in [6, 6.07) is 0. The number of thioether (sulfide) groups is 1. The first-order valence-corrected chi connectivity index (χ1v) is 4.99. The third kappa shape index (κ3) is 4.92. The first kappa shape index (κ1) is 10.1. The second kappa shape index (κ2) is 5.84. The Morgan fingerprint density at radius 2 is 2.10 bits per heavy atom. The van der Waals surface area contributed by atoms with Crippen molar-refractivity contribution in [2.24, 2.45) is 5.92 Å². The minimum atomic E-state index is 0.619. The van der Waals surface area contributed by atoms with E-state index in [0.29, 0.717) is 5.25 Å². The van der Waals surface area contributed by atoms with Crippen LogP contribution in [0.25, 0.3) is 0 Å². The van der Waals surface area contributed by atoms with Crippen LogP contribution in [0.4, 0.5) is 0 Å². The number of rotatable bonds is 5. The molecule has 0 N–H and O–H groups in total. The highest BCUT2D eigenvalue weighted by Crippen LogP contribution is 2.16. The molecule has 0 heterocycles. The van der Waals surface area contributed by atoms with Crippen molar-refractivity contribution < 1.29 is 0 Å². The van der Waals surface area contributed by atoms with Crippen molar-refractivity contribution in [3.05, 3.63) is 12.7 Å². The van der Waals surface area contributed by atoms with Gasteiger partial charge in [0.15, 0.2) is 0 Å². The molecule has 2 atom stereocenters. The zero-order valence-corrected chi connectivity index (χ0v) is 8.08. The van der Waals surface area contributed by atoms with Gasteiger partial charge in [0, 0.05) is 5.25 Å². The summed E-state index contributed by atoms with van der Waals surface area (Å²) in [6.45, 7) is 10.5. The summed E-state index contributed by atoms with van der Waals surface area (Å²) in [5, 5.41) is 0.619. The number of hydrogen-bond acceptors (Lipinski definition) is 1. The largest absolute Gasteiger partial charge is 0.154 e. The van der Waals surface area contributed by atoms with Gasteiger partial charge in [0.2, 0.25) is 0 Å². The SMILES string of the molecule is C=CC(C)SCC(C)CC. The lowest BCUT2D eigenvalue weighted by Crippen LogP contribution is -1.99. The topological polar surface area (TPSA) is 0 Å². The molecular weight excluding hydrogens is 140 g/mol. The van der Waals surface area contributed by atoms with Gasteiger partial charge in [-0.2, -0.15) is 11.8 Å². The van der Waals surface area contributed by atoms with Gasteiger partial charge in [0.25, 0.3) is 0 Å². The molecule has 0 aromatic rings. The van der Waals surface area contributed by atoms with Crippen LogP contribution in [-0.2, 0) is 0 Å². The summed E-state index contributed by atoms with van der Waals surface area (Å²) in [4.78, 5) is 0. The molecule has 0 bridgehead atoms. The summed E-state index contributed by atoms with van der Waals surface area (Å²) < 4.78 is 0. The number of hydrogen-bond donors (Lipinski definition) is 0. The summed E-state index contributed by atoms with van der Waals surface area (Å²) in [5.41, 5.74) is 0. The molecule has 2 unspecified atom stereocenters. The van der Waals surface area contributed by atoms with E-state index in [4.69, 9.17) is 0 Å². The van der Waals surface area contributed by atoms with Crippen LogP contribution in [0, 0.1) is 5.92 Å². The van der Waals surface area contributed by atoms with Gasteiger partial charge in [-0.25, -0.2) is 0 Å². The Kier molecular flexibility index (Phi) is 5.90. The second-order valence-corrected chi connectivity index (χ2v) is 4.20. The molecule has 0 nitrogen and oxygen atoms in total. The third-order valence-corrected chi connectivity index (χ3v) is 3.15. The van der Waals surface area contributed by atoms with E-state index in [2.05, 4.69) is 27.4 Å². The van der Waals surface area contributed by atoms with Gasteiger partial charge in [-0.1, -0.05) is 26.3 Å². The fourth-order valence-corrected chi connectivity index (χ4v) is 1.51. The second-order valence-electron chi connectivity index (χ2n) is 2.79. The summed E-state index contributed by atoms with van der Waals surface area (Å²) in [6.07, 6.45) is 3.30. The lowest BCUT2D eigenvalue weighted by atomic mass is 10.2. The van der Waals surface area contributed by atoms with Crippen LogP contribution >= 0.6 is 11.8 Å². The van der Waals surface area contributed by atoms with Crippen molar-refractivity contribution in [3.8, 4) is 0 Å². The van der Waals surface area contributed by atoms with E-state index in [0.717, 1.165) is 5.92 Å². The average Bonchev–Trinajstić information content (AvgIpc) is 1.99. The minimum Gasteiger partial charge on any atom is -0.154 e. The van der Waals surface area contributed by atoms with Crippen molar-refractivity contribution in [1.29, 1.82) is 0 Å². The highest BCUT2D eigenvalue weighted by molar-refractivity contribution is 8.00. The summed E-state index contributed by atoms with van der Waals surface area (Å²) in [7, 11) is 0. The summed E-state index contributed by atoms with van der Waals surface area (Å²) in [5.74, 6) is 2.12. The molecule has 0 spiro atoms. The van der Waals surface area contributed by atoms with Crippen LogP contribution in [0.5, 0.6) is 0 Å². The van der Waals surface area contributed by atoms with E-state index < -0.39 is 0 Å². The molecule has 0 saturated carbocycles. The lowest BCUT2D eigenvalue weighted by molar-refractivity contribution is 0.636. The van der Waals surface area contributed by atoms with E-state index in [1.54, 1.807) is 0 Å². The molecule has 0 aliphatic rings. The molecule has 1 heteroatoms. The van der Waals surface area contributed by atoms with Gasteiger partial charge in [-0.05, 0) is 18.6 Å². The van der Waals surface area contributed by atoms with Crippen molar-refractivity contribution >= 4 is 11.8 Å². The smallest absolute Gasteiger partial charge is 0.0196 e. The zero-order chi connectivity index (χ0) is 7.98. The molecule has 0 saturated heterocycles. The van der Waals surface area contributed by atoms with Gasteiger partial charge < -0.3 is 0 Å². The van der Waals surface area contributed by atoms with E-state index in [1.807, 2.05) is 17.8 Å². The van der Waals surface area contributed by atoms with Crippen LogP contribution in [0.2, 0.25) is 0 Å². The van der Waals surface area contributed by atoms with Crippen LogP contribution < -0.4 is 0 Å². The van der Waals surface area contributed by atoms with Crippen molar-refractivity contribution in [2.75, 3.05) is 5.75 Å². The van der Waals surface area contributed by atoms with E-state index in [1.165, 1.54) is 12.2 Å². The molecule has 60 valence electrons. The molecule has 0 aliphatic carbocycles. The maximum Gasteiger partial charge on any atom is 0.0196 e. The molecular formula is C9H18S. The molecule has 0 aliphatic heterocycles. The predicted octanol–water partition coefficient (Wildman–Crippen LogP) is 3.34. The van der Waals surface area contributed by atoms with Gasteiger partial charge in [-0.3, -0.25) is 0 Å². The van der Waals surface area contributed by atoms with Gasteiger partial charge >= 0.3 is 0 Å². The standard InChI is InChI=1S/C9H18S/c1-5-8(3)7-10-9(4)6-2/h6,8-9H,2,5,7H2,1,3-4H3. The van der Waals surface area contributed by atoms with E-state index in [-0.39, 0.29) is 0 Å². The van der Waals surface area contributed by atoms with Gasteiger partial charge in [0.05, 0.1) is 0 Å². The summed E-state index contributed by atoms with van der Waals surface area (Å²) >= 11 is 1.99. The Balaban J connectivity index is 3.25. The minimum absolute atomic E-state index is 0.619. The van der Waals surface area contributed by atoms with Gasteiger partial charge in [0.1, 0.15) is 0 Å². The molecule has 0 aromatic carbocycles. The van der Waals surface area contributed by atoms with Crippen molar-refractivity contribution in [2.45, 2.75) is 32.4 Å².